The van der Waals surface area contributed by atoms with Gasteiger partial charge in [0.25, 0.3) is 0 Å². The second-order valence-corrected chi connectivity index (χ2v) is 6.70. The van der Waals surface area contributed by atoms with Gasteiger partial charge in [-0.05, 0) is 12.5 Å². The molecule has 18 heavy (non-hydrogen) atoms. The second kappa shape index (κ2) is 6.52. The minimum absolute atomic E-state index is 0.159. The van der Waals surface area contributed by atoms with Crippen molar-refractivity contribution in [2.45, 2.75) is 10.8 Å². The van der Waals surface area contributed by atoms with Crippen molar-refractivity contribution in [2.75, 3.05) is 34.3 Å². The van der Waals surface area contributed by atoms with Gasteiger partial charge in [-0.15, -0.1) is 0 Å². The van der Waals surface area contributed by atoms with E-state index in [0.717, 1.165) is 16.6 Å². The van der Waals surface area contributed by atoms with Gasteiger partial charge in [-0.3, -0.25) is 4.79 Å². The summed E-state index contributed by atoms with van der Waals surface area (Å²) >= 11 is 2.13. The zero-order valence-corrected chi connectivity index (χ0v) is 13.6. The molecule has 0 aliphatic rings. The lowest BCUT2D eigenvalue weighted by Gasteiger charge is -2.23. The second-order valence-electron chi connectivity index (χ2n) is 5.45. The predicted molar refractivity (Wildman–Crippen MR) is 81.8 cm³/mol. The molecule has 100 valence electrons. The van der Waals surface area contributed by atoms with Gasteiger partial charge in [-0.1, -0.05) is 52.4 Å². The molecule has 0 N–H and O–H groups in total. The Balaban J connectivity index is 2.49. The molecular weight excluding hydrogens is 341 g/mol. The summed E-state index contributed by atoms with van der Waals surface area (Å²) in [5.41, 5.74) is 2.19. The van der Waals surface area contributed by atoms with Gasteiger partial charge < -0.3 is 9.22 Å². The first kappa shape index (κ1) is 15.4. The van der Waals surface area contributed by atoms with Crippen molar-refractivity contribution in [2.24, 2.45) is 0 Å². The van der Waals surface area contributed by atoms with E-state index in [0.29, 0.717) is 6.61 Å². The first-order valence-electron chi connectivity index (χ1n) is 5.97. The average Bonchev–Trinajstić information content (AvgIpc) is 2.27. The van der Waals surface area contributed by atoms with E-state index in [1.54, 1.807) is 0 Å². The van der Waals surface area contributed by atoms with Crippen LogP contribution in [-0.2, 0) is 9.53 Å². The summed E-state index contributed by atoms with van der Waals surface area (Å²) in [6.45, 7) is 3.32. The highest BCUT2D eigenvalue weighted by Gasteiger charge is 2.19. The number of hydrogen-bond acceptors (Lipinski definition) is 2. The van der Waals surface area contributed by atoms with E-state index >= 15 is 0 Å². The predicted octanol–water partition coefficient (Wildman–Crippen LogP) is 2.72. The quantitative estimate of drug-likeness (QED) is 0.349. The normalized spacial score (nSPS) is 13.2. The van der Waals surface area contributed by atoms with E-state index < -0.39 is 0 Å². The molecule has 0 bridgehead atoms. The molecule has 1 aromatic rings. The van der Waals surface area contributed by atoms with Crippen molar-refractivity contribution in [1.29, 1.82) is 0 Å². The van der Waals surface area contributed by atoms with Crippen LogP contribution in [0.1, 0.15) is 15.1 Å². The molecule has 1 unspecified atom stereocenters. The number of aryl methyl sites for hydroxylation is 1. The van der Waals surface area contributed by atoms with Crippen LogP contribution in [-0.4, -0.2) is 44.7 Å². The van der Waals surface area contributed by atoms with Gasteiger partial charge in [-0.2, -0.15) is 0 Å². The summed E-state index contributed by atoms with van der Waals surface area (Å²) in [7, 11) is 6.24. The number of quaternary nitrogens is 1. The van der Waals surface area contributed by atoms with E-state index in [4.69, 9.17) is 4.74 Å². The van der Waals surface area contributed by atoms with E-state index in [2.05, 4.69) is 43.7 Å². The molecule has 1 aromatic carbocycles. The average molecular weight is 362 g/mol. The monoisotopic (exact) mass is 362 g/mol. The largest absolute Gasteiger partial charge is 0.459 e. The van der Waals surface area contributed by atoms with Gasteiger partial charge in [0.05, 0.1) is 21.1 Å². The van der Waals surface area contributed by atoms with Gasteiger partial charge in [0.1, 0.15) is 17.1 Å². The summed E-state index contributed by atoms with van der Waals surface area (Å²) in [4.78, 5) is 11.9. The Labute approximate surface area is 123 Å². The van der Waals surface area contributed by atoms with Gasteiger partial charge in [0.2, 0.25) is 0 Å². The number of nitrogens with zero attached hydrogens (tertiary/aromatic N) is 1. The van der Waals surface area contributed by atoms with Crippen molar-refractivity contribution in [3.8, 4) is 0 Å². The van der Waals surface area contributed by atoms with Crippen LogP contribution >= 0.6 is 22.6 Å². The maximum atomic E-state index is 11.9. The molecule has 0 radical (unpaired) electrons. The first-order chi connectivity index (χ1) is 8.29. The number of likely N-dealkylation sites (N-methyl/N-ethyl adjacent to an activating group) is 1. The zero-order chi connectivity index (χ0) is 13.8. The van der Waals surface area contributed by atoms with E-state index in [1.165, 1.54) is 5.56 Å². The fourth-order valence-electron chi connectivity index (χ4n) is 1.36. The van der Waals surface area contributed by atoms with Crippen molar-refractivity contribution in [1.82, 2.24) is 0 Å². The molecule has 4 heteroatoms. The van der Waals surface area contributed by atoms with E-state index in [1.807, 2.05) is 31.2 Å². The summed E-state index contributed by atoms with van der Waals surface area (Å²) in [6, 6.07) is 7.99. The lowest BCUT2D eigenvalue weighted by molar-refractivity contribution is -0.870. The number of rotatable bonds is 5. The van der Waals surface area contributed by atoms with Gasteiger partial charge in [0.15, 0.2) is 0 Å². The highest BCUT2D eigenvalue weighted by atomic mass is 127. The molecule has 1 atom stereocenters. The molecule has 0 aliphatic heterocycles. The van der Waals surface area contributed by atoms with Crippen LogP contribution in [0.2, 0.25) is 0 Å². The van der Waals surface area contributed by atoms with Gasteiger partial charge in [0, 0.05) is 0 Å². The summed E-state index contributed by atoms with van der Waals surface area (Å²) in [5, 5.41) is 0. The molecule has 0 fully saturated rings. The van der Waals surface area contributed by atoms with Crippen LogP contribution in [0.25, 0.3) is 0 Å². The minimum atomic E-state index is -0.226. The number of hydrogen-bond donors (Lipinski definition) is 0. The summed E-state index contributed by atoms with van der Waals surface area (Å²) < 4.78 is 5.87. The fraction of sp³-hybridized carbons (Fsp3) is 0.500. The Bertz CT molecular complexity index is 395. The fourth-order valence-corrected chi connectivity index (χ4v) is 1.96. The van der Waals surface area contributed by atoms with Crippen molar-refractivity contribution in [3.05, 3.63) is 35.4 Å². The molecule has 0 heterocycles. The molecule has 0 spiro atoms. The number of halogens is 1. The molecule has 0 aromatic heterocycles. The Hall–Kier alpha value is -0.620. The minimum Gasteiger partial charge on any atom is -0.459 e. The maximum absolute atomic E-state index is 11.9. The number of carbonyl (C=O) groups excluding carboxylic acids is 1. The van der Waals surface area contributed by atoms with E-state index in [-0.39, 0.29) is 9.89 Å². The third-order valence-electron chi connectivity index (χ3n) is 2.58. The summed E-state index contributed by atoms with van der Waals surface area (Å²) in [5.74, 6) is -0.159. The topological polar surface area (TPSA) is 26.3 Å². The SMILES string of the molecule is Cc1ccc(C(I)C(=O)OCC[N+](C)(C)C)cc1. The van der Waals surface area contributed by atoms with Gasteiger partial charge in [-0.25, -0.2) is 0 Å². The molecule has 3 nitrogen and oxygen atoms in total. The van der Waals surface area contributed by atoms with Crippen molar-refractivity contribution >= 4 is 28.6 Å². The van der Waals surface area contributed by atoms with Crippen molar-refractivity contribution < 1.29 is 14.0 Å². The maximum Gasteiger partial charge on any atom is 0.323 e. The number of benzene rings is 1. The smallest absolute Gasteiger partial charge is 0.323 e. The Morgan fingerprint density at radius 2 is 1.83 bits per heavy atom. The zero-order valence-electron chi connectivity index (χ0n) is 11.4. The lowest BCUT2D eigenvalue weighted by Crippen LogP contribution is -2.38. The lowest BCUT2D eigenvalue weighted by atomic mass is 10.1. The van der Waals surface area contributed by atoms with Crippen LogP contribution < -0.4 is 0 Å². The van der Waals surface area contributed by atoms with Crippen LogP contribution in [0.4, 0.5) is 0 Å². The third-order valence-corrected chi connectivity index (χ3v) is 3.81. The van der Waals surface area contributed by atoms with Gasteiger partial charge >= 0.3 is 5.97 Å². The number of esters is 1. The molecule has 1 rings (SSSR count). The number of ether oxygens (including phenoxy) is 1. The molecule has 0 saturated heterocycles. The third kappa shape index (κ3) is 5.35. The van der Waals surface area contributed by atoms with Crippen LogP contribution in [0.15, 0.2) is 24.3 Å². The summed E-state index contributed by atoms with van der Waals surface area (Å²) in [6.07, 6.45) is 0. The van der Waals surface area contributed by atoms with Crippen LogP contribution in [0, 0.1) is 6.92 Å². The van der Waals surface area contributed by atoms with E-state index in [9.17, 15) is 4.79 Å². The van der Waals surface area contributed by atoms with Crippen molar-refractivity contribution in [3.63, 3.8) is 0 Å². The standard InChI is InChI=1S/C14H21INO2/c1-11-5-7-12(8-6-11)13(15)14(17)18-10-9-16(2,3)4/h5-8,13H,9-10H2,1-4H3/q+1. The molecule has 0 amide bonds. The number of alkyl halides is 1. The Morgan fingerprint density at radius 1 is 1.28 bits per heavy atom. The molecule has 0 saturated carbocycles. The first-order valence-corrected chi connectivity index (χ1v) is 7.22. The number of carbonyl (C=O) groups is 1. The van der Waals surface area contributed by atoms with Crippen LogP contribution in [0.5, 0.6) is 0 Å². The molecule has 0 aliphatic carbocycles. The Kier molecular flexibility index (Phi) is 5.59. The highest BCUT2D eigenvalue weighted by Crippen LogP contribution is 2.25. The molecular formula is C14H21INO2+. The highest BCUT2D eigenvalue weighted by molar-refractivity contribution is 14.1. The Morgan fingerprint density at radius 3 is 2.33 bits per heavy atom. The van der Waals surface area contributed by atoms with Crippen LogP contribution in [0.3, 0.4) is 0 Å².